The van der Waals surface area contributed by atoms with Gasteiger partial charge in [0.1, 0.15) is 0 Å². The summed E-state index contributed by atoms with van der Waals surface area (Å²) in [5.74, 6) is 2.65. The fraction of sp³-hybridized carbons (Fsp3) is 1.00. The number of aliphatic hydroxyl groups excluding tert-OH is 1. The van der Waals surface area contributed by atoms with Gasteiger partial charge in [-0.05, 0) is 56.3 Å². The summed E-state index contributed by atoms with van der Waals surface area (Å²) in [7, 11) is 0. The van der Waals surface area contributed by atoms with Gasteiger partial charge in [-0.2, -0.15) is 0 Å². The monoisotopic (exact) mass is 240 g/mol. The van der Waals surface area contributed by atoms with Crippen molar-refractivity contribution in [2.45, 2.75) is 58.5 Å². The topological polar surface area (TPSA) is 29.5 Å². The number of aliphatic hydroxyl groups is 1. The first kappa shape index (κ1) is 13.4. The van der Waals surface area contributed by atoms with E-state index in [0.717, 1.165) is 37.9 Å². The van der Waals surface area contributed by atoms with Crippen LogP contribution in [0.25, 0.3) is 0 Å². The van der Waals surface area contributed by atoms with Crippen LogP contribution in [0.3, 0.4) is 0 Å². The Balaban J connectivity index is 1.79. The molecule has 1 saturated heterocycles. The Morgan fingerprint density at radius 1 is 0.941 bits per heavy atom. The number of hydrogen-bond acceptors (Lipinski definition) is 2. The summed E-state index contributed by atoms with van der Waals surface area (Å²) in [6, 6.07) is 0. The predicted molar refractivity (Wildman–Crippen MR) is 69.8 cm³/mol. The molecule has 0 radical (unpaired) electrons. The van der Waals surface area contributed by atoms with Crippen LogP contribution in [0.5, 0.6) is 0 Å². The molecule has 1 aliphatic heterocycles. The lowest BCUT2D eigenvalue weighted by atomic mass is 9.72. The molecule has 2 atom stereocenters. The third-order valence-electron chi connectivity index (χ3n) is 4.92. The molecule has 0 amide bonds. The van der Waals surface area contributed by atoms with Crippen molar-refractivity contribution in [3.05, 3.63) is 0 Å². The van der Waals surface area contributed by atoms with Gasteiger partial charge < -0.3 is 9.84 Å². The van der Waals surface area contributed by atoms with E-state index in [1.165, 1.54) is 25.7 Å². The van der Waals surface area contributed by atoms with E-state index in [1.54, 1.807) is 0 Å². The third kappa shape index (κ3) is 3.45. The molecule has 2 heteroatoms. The summed E-state index contributed by atoms with van der Waals surface area (Å²) in [5.41, 5.74) is 0. The van der Waals surface area contributed by atoms with Crippen LogP contribution in [0.1, 0.15) is 52.4 Å². The van der Waals surface area contributed by atoms with Gasteiger partial charge in [0.15, 0.2) is 0 Å². The Bertz CT molecular complexity index is 213. The molecule has 2 nitrogen and oxygen atoms in total. The maximum atomic E-state index is 10.4. The maximum Gasteiger partial charge on any atom is 0.0618 e. The predicted octanol–water partition coefficient (Wildman–Crippen LogP) is 3.24. The van der Waals surface area contributed by atoms with E-state index in [9.17, 15) is 5.11 Å². The molecule has 1 N–H and O–H groups in total. The second-order valence-corrected chi connectivity index (χ2v) is 6.39. The molecular formula is C15H28O2. The highest BCUT2D eigenvalue weighted by molar-refractivity contribution is 4.83. The highest BCUT2D eigenvalue weighted by Gasteiger charge is 2.32. The standard InChI is InChI=1S/C15H28O2/c1-11(2)12-5-7-13(8-6-12)15(16)14-4-3-9-17-10-14/h11-16H,3-10H2,1-2H3. The van der Waals surface area contributed by atoms with Crippen LogP contribution in [0.4, 0.5) is 0 Å². The molecule has 1 aliphatic carbocycles. The molecule has 1 saturated carbocycles. The first-order chi connectivity index (χ1) is 8.18. The van der Waals surface area contributed by atoms with E-state index in [1.807, 2.05) is 0 Å². The normalized spacial score (nSPS) is 37.1. The van der Waals surface area contributed by atoms with Gasteiger partial charge in [0, 0.05) is 12.5 Å². The minimum atomic E-state index is -0.108. The SMILES string of the molecule is CC(C)C1CCC(C(O)C2CCCOC2)CC1. The molecule has 2 rings (SSSR count). The molecule has 2 unspecified atom stereocenters. The smallest absolute Gasteiger partial charge is 0.0618 e. The Morgan fingerprint density at radius 2 is 1.59 bits per heavy atom. The van der Waals surface area contributed by atoms with Gasteiger partial charge >= 0.3 is 0 Å². The Hall–Kier alpha value is -0.0800. The van der Waals surface area contributed by atoms with Crippen LogP contribution in [0, 0.1) is 23.7 Å². The molecule has 0 aromatic rings. The fourth-order valence-corrected chi connectivity index (χ4v) is 3.57. The highest BCUT2D eigenvalue weighted by Crippen LogP contribution is 2.37. The van der Waals surface area contributed by atoms with Gasteiger partial charge in [-0.1, -0.05) is 13.8 Å². The summed E-state index contributed by atoms with van der Waals surface area (Å²) in [6.45, 7) is 6.33. The van der Waals surface area contributed by atoms with Crippen LogP contribution in [0.15, 0.2) is 0 Å². The average molecular weight is 240 g/mol. The summed E-state index contributed by atoms with van der Waals surface area (Å²) >= 11 is 0. The van der Waals surface area contributed by atoms with Crippen molar-refractivity contribution in [1.29, 1.82) is 0 Å². The first-order valence-electron chi connectivity index (χ1n) is 7.44. The van der Waals surface area contributed by atoms with Crippen molar-refractivity contribution >= 4 is 0 Å². The molecule has 0 bridgehead atoms. The molecule has 0 spiro atoms. The van der Waals surface area contributed by atoms with Crippen molar-refractivity contribution in [3.63, 3.8) is 0 Å². The van der Waals surface area contributed by atoms with E-state index in [4.69, 9.17) is 4.74 Å². The lowest BCUT2D eigenvalue weighted by Crippen LogP contribution is -2.37. The largest absolute Gasteiger partial charge is 0.392 e. The van der Waals surface area contributed by atoms with Crippen LogP contribution >= 0.6 is 0 Å². The molecular weight excluding hydrogens is 212 g/mol. The minimum Gasteiger partial charge on any atom is -0.392 e. The van der Waals surface area contributed by atoms with Gasteiger partial charge in [-0.3, -0.25) is 0 Å². The van der Waals surface area contributed by atoms with Gasteiger partial charge in [0.25, 0.3) is 0 Å². The summed E-state index contributed by atoms with van der Waals surface area (Å²) in [4.78, 5) is 0. The number of hydrogen-bond donors (Lipinski definition) is 1. The van der Waals surface area contributed by atoms with Crippen molar-refractivity contribution in [2.24, 2.45) is 23.7 Å². The number of ether oxygens (including phenoxy) is 1. The van der Waals surface area contributed by atoms with E-state index >= 15 is 0 Å². The number of rotatable bonds is 3. The molecule has 2 fully saturated rings. The van der Waals surface area contributed by atoms with Crippen LogP contribution in [-0.4, -0.2) is 24.4 Å². The Labute approximate surface area is 106 Å². The zero-order valence-corrected chi connectivity index (χ0v) is 11.4. The summed E-state index contributed by atoms with van der Waals surface area (Å²) in [6.07, 6.45) is 7.25. The lowest BCUT2D eigenvalue weighted by Gasteiger charge is -2.37. The highest BCUT2D eigenvalue weighted by atomic mass is 16.5. The summed E-state index contributed by atoms with van der Waals surface area (Å²) < 4.78 is 5.49. The van der Waals surface area contributed by atoms with Gasteiger partial charge in [-0.15, -0.1) is 0 Å². The molecule has 17 heavy (non-hydrogen) atoms. The van der Waals surface area contributed by atoms with Crippen molar-refractivity contribution in [1.82, 2.24) is 0 Å². The van der Waals surface area contributed by atoms with Crippen LogP contribution in [0.2, 0.25) is 0 Å². The average Bonchev–Trinajstić information content (AvgIpc) is 2.39. The maximum absolute atomic E-state index is 10.4. The van der Waals surface area contributed by atoms with E-state index in [-0.39, 0.29) is 6.10 Å². The fourth-order valence-electron chi connectivity index (χ4n) is 3.57. The zero-order valence-electron chi connectivity index (χ0n) is 11.4. The Morgan fingerprint density at radius 3 is 2.12 bits per heavy atom. The van der Waals surface area contributed by atoms with Crippen molar-refractivity contribution in [3.8, 4) is 0 Å². The third-order valence-corrected chi connectivity index (χ3v) is 4.92. The quantitative estimate of drug-likeness (QED) is 0.820. The summed E-state index contributed by atoms with van der Waals surface area (Å²) in [5, 5.41) is 10.4. The minimum absolute atomic E-state index is 0.108. The van der Waals surface area contributed by atoms with Crippen LogP contribution in [-0.2, 0) is 4.74 Å². The molecule has 0 aromatic heterocycles. The van der Waals surface area contributed by atoms with E-state index in [0.29, 0.717) is 11.8 Å². The van der Waals surface area contributed by atoms with Gasteiger partial charge in [0.2, 0.25) is 0 Å². The first-order valence-corrected chi connectivity index (χ1v) is 7.44. The molecule has 0 aromatic carbocycles. The van der Waals surface area contributed by atoms with E-state index < -0.39 is 0 Å². The second-order valence-electron chi connectivity index (χ2n) is 6.39. The van der Waals surface area contributed by atoms with Crippen molar-refractivity contribution in [2.75, 3.05) is 13.2 Å². The van der Waals surface area contributed by atoms with E-state index in [2.05, 4.69) is 13.8 Å². The molecule has 100 valence electrons. The second kappa shape index (κ2) is 6.19. The van der Waals surface area contributed by atoms with Crippen LogP contribution < -0.4 is 0 Å². The van der Waals surface area contributed by atoms with Gasteiger partial charge in [0.05, 0.1) is 12.7 Å². The Kier molecular flexibility index (Phi) is 4.87. The lowest BCUT2D eigenvalue weighted by molar-refractivity contribution is -0.0437. The molecule has 1 heterocycles. The van der Waals surface area contributed by atoms with Crippen molar-refractivity contribution < 1.29 is 9.84 Å². The van der Waals surface area contributed by atoms with Gasteiger partial charge in [-0.25, -0.2) is 0 Å². The zero-order chi connectivity index (χ0) is 12.3. The molecule has 2 aliphatic rings.